The zero-order valence-electron chi connectivity index (χ0n) is 8.02. The molecule has 0 aromatic carbocycles. The first kappa shape index (κ1) is 9.96. The quantitative estimate of drug-likeness (QED) is 0.583. The second kappa shape index (κ2) is 4.73. The van der Waals surface area contributed by atoms with Crippen molar-refractivity contribution in [3.8, 4) is 0 Å². The van der Waals surface area contributed by atoms with Crippen molar-refractivity contribution >= 4 is 0 Å². The largest absolute Gasteiger partial charge is 0.309 e. The van der Waals surface area contributed by atoms with Crippen LogP contribution in [0.1, 0.15) is 27.2 Å². The second-order valence-corrected chi connectivity index (χ2v) is 3.63. The minimum absolute atomic E-state index is 0.833. The van der Waals surface area contributed by atoms with Gasteiger partial charge in [0.15, 0.2) is 0 Å². The molecule has 0 N–H and O–H groups in total. The Morgan fingerprint density at radius 3 is 1.90 bits per heavy atom. The first-order valence-corrected chi connectivity index (χ1v) is 4.22. The maximum atomic E-state index is 2.33. The maximum absolute atomic E-state index is 2.33. The first-order valence-electron chi connectivity index (χ1n) is 4.22. The molecule has 0 aromatic heterocycles. The lowest BCUT2D eigenvalue weighted by Crippen LogP contribution is -2.23. The van der Waals surface area contributed by atoms with Crippen LogP contribution in [0, 0.1) is 11.8 Å². The van der Waals surface area contributed by atoms with Crippen molar-refractivity contribution in [2.24, 2.45) is 11.8 Å². The van der Waals surface area contributed by atoms with Crippen molar-refractivity contribution in [2.75, 3.05) is 20.6 Å². The Kier molecular flexibility index (Phi) is 4.71. The molecular formula is C9H21N. The molecule has 1 heteroatoms. The third-order valence-electron chi connectivity index (χ3n) is 2.27. The van der Waals surface area contributed by atoms with Crippen molar-refractivity contribution in [3.63, 3.8) is 0 Å². The van der Waals surface area contributed by atoms with Gasteiger partial charge < -0.3 is 4.90 Å². The summed E-state index contributed by atoms with van der Waals surface area (Å²) in [6, 6.07) is 0. The normalized spacial score (nSPS) is 17.4. The molecule has 0 aliphatic heterocycles. The lowest BCUT2D eigenvalue weighted by molar-refractivity contribution is 0.270. The fraction of sp³-hybridized carbons (Fsp3) is 1.00. The Morgan fingerprint density at radius 2 is 1.60 bits per heavy atom. The van der Waals surface area contributed by atoms with Crippen LogP contribution in [0.5, 0.6) is 0 Å². The van der Waals surface area contributed by atoms with E-state index in [4.69, 9.17) is 0 Å². The Bertz CT molecular complexity index is 78.8. The topological polar surface area (TPSA) is 3.24 Å². The first-order chi connectivity index (χ1) is 4.57. The predicted molar refractivity (Wildman–Crippen MR) is 47.2 cm³/mol. The molecule has 2 atom stereocenters. The van der Waals surface area contributed by atoms with Gasteiger partial charge in [-0.2, -0.15) is 0 Å². The third kappa shape index (κ3) is 3.89. The van der Waals surface area contributed by atoms with E-state index < -0.39 is 0 Å². The highest BCUT2D eigenvalue weighted by molar-refractivity contribution is 4.62. The van der Waals surface area contributed by atoms with Gasteiger partial charge in [0, 0.05) is 6.54 Å². The maximum Gasteiger partial charge on any atom is 0.000346 e. The molecule has 0 aliphatic carbocycles. The van der Waals surface area contributed by atoms with Crippen LogP contribution in [0.2, 0.25) is 0 Å². The zero-order chi connectivity index (χ0) is 8.15. The van der Waals surface area contributed by atoms with Crippen molar-refractivity contribution in [1.82, 2.24) is 4.90 Å². The molecule has 62 valence electrons. The Labute approximate surface area is 65.4 Å². The summed E-state index contributed by atoms with van der Waals surface area (Å²) < 4.78 is 0. The van der Waals surface area contributed by atoms with E-state index in [-0.39, 0.29) is 0 Å². The van der Waals surface area contributed by atoms with E-state index in [0.29, 0.717) is 0 Å². The van der Waals surface area contributed by atoms with Crippen LogP contribution >= 0.6 is 0 Å². The van der Waals surface area contributed by atoms with Crippen molar-refractivity contribution < 1.29 is 0 Å². The molecule has 0 saturated carbocycles. The SMILES string of the molecule is CCC(C)C(C)CN(C)C. The minimum Gasteiger partial charge on any atom is -0.309 e. The van der Waals surface area contributed by atoms with Crippen LogP contribution in [0.15, 0.2) is 0 Å². The fourth-order valence-electron chi connectivity index (χ4n) is 1.16. The van der Waals surface area contributed by atoms with E-state index in [1.807, 2.05) is 0 Å². The molecule has 0 saturated heterocycles. The van der Waals surface area contributed by atoms with Crippen LogP contribution < -0.4 is 0 Å². The number of hydrogen-bond donors (Lipinski definition) is 0. The fourth-order valence-corrected chi connectivity index (χ4v) is 1.16. The molecule has 0 bridgehead atoms. The summed E-state index contributed by atoms with van der Waals surface area (Å²) in [7, 11) is 4.28. The van der Waals surface area contributed by atoms with Gasteiger partial charge in [0.1, 0.15) is 0 Å². The molecule has 10 heavy (non-hydrogen) atoms. The Hall–Kier alpha value is -0.0400. The second-order valence-electron chi connectivity index (χ2n) is 3.63. The summed E-state index contributed by atoms with van der Waals surface area (Å²) in [4.78, 5) is 2.26. The number of hydrogen-bond acceptors (Lipinski definition) is 1. The molecule has 0 amide bonds. The highest BCUT2D eigenvalue weighted by atomic mass is 15.1. The van der Waals surface area contributed by atoms with E-state index in [0.717, 1.165) is 11.8 Å². The van der Waals surface area contributed by atoms with E-state index in [1.165, 1.54) is 13.0 Å². The average molecular weight is 143 g/mol. The molecule has 0 fully saturated rings. The Morgan fingerprint density at radius 1 is 1.10 bits per heavy atom. The third-order valence-corrected chi connectivity index (χ3v) is 2.27. The number of rotatable bonds is 4. The van der Waals surface area contributed by atoms with Crippen molar-refractivity contribution in [2.45, 2.75) is 27.2 Å². The smallest absolute Gasteiger partial charge is 0.000346 e. The minimum atomic E-state index is 0.833. The van der Waals surface area contributed by atoms with Gasteiger partial charge in [-0.3, -0.25) is 0 Å². The van der Waals surface area contributed by atoms with Gasteiger partial charge in [0.05, 0.1) is 0 Å². The summed E-state index contributed by atoms with van der Waals surface area (Å²) in [6.45, 7) is 8.13. The monoisotopic (exact) mass is 143 g/mol. The molecule has 0 aliphatic rings. The van der Waals surface area contributed by atoms with Crippen LogP contribution in [-0.4, -0.2) is 25.5 Å². The summed E-state index contributed by atoms with van der Waals surface area (Å²) in [5.41, 5.74) is 0. The van der Waals surface area contributed by atoms with Gasteiger partial charge >= 0.3 is 0 Å². The van der Waals surface area contributed by atoms with Crippen LogP contribution in [0.3, 0.4) is 0 Å². The molecule has 2 unspecified atom stereocenters. The van der Waals surface area contributed by atoms with Gasteiger partial charge in [0.2, 0.25) is 0 Å². The van der Waals surface area contributed by atoms with Crippen LogP contribution in [-0.2, 0) is 0 Å². The van der Waals surface area contributed by atoms with E-state index in [9.17, 15) is 0 Å². The van der Waals surface area contributed by atoms with Crippen LogP contribution in [0.4, 0.5) is 0 Å². The molecular weight excluding hydrogens is 122 g/mol. The molecule has 0 aromatic rings. The lowest BCUT2D eigenvalue weighted by atomic mass is 9.93. The molecule has 0 radical (unpaired) electrons. The van der Waals surface area contributed by atoms with Crippen LogP contribution in [0.25, 0.3) is 0 Å². The van der Waals surface area contributed by atoms with E-state index in [1.54, 1.807) is 0 Å². The van der Waals surface area contributed by atoms with Gasteiger partial charge in [0.25, 0.3) is 0 Å². The van der Waals surface area contributed by atoms with Gasteiger partial charge in [-0.15, -0.1) is 0 Å². The van der Waals surface area contributed by atoms with Gasteiger partial charge in [-0.1, -0.05) is 27.2 Å². The lowest BCUT2D eigenvalue weighted by Gasteiger charge is -2.21. The van der Waals surface area contributed by atoms with E-state index >= 15 is 0 Å². The van der Waals surface area contributed by atoms with Gasteiger partial charge in [-0.05, 0) is 25.9 Å². The van der Waals surface area contributed by atoms with Crippen molar-refractivity contribution in [3.05, 3.63) is 0 Å². The highest BCUT2D eigenvalue weighted by Crippen LogP contribution is 2.14. The van der Waals surface area contributed by atoms with E-state index in [2.05, 4.69) is 39.8 Å². The molecule has 0 heterocycles. The number of nitrogens with zero attached hydrogens (tertiary/aromatic N) is 1. The molecule has 0 spiro atoms. The highest BCUT2D eigenvalue weighted by Gasteiger charge is 2.09. The summed E-state index contributed by atoms with van der Waals surface area (Å²) in [6.07, 6.45) is 1.30. The summed E-state index contributed by atoms with van der Waals surface area (Å²) in [5.74, 6) is 1.70. The summed E-state index contributed by atoms with van der Waals surface area (Å²) in [5, 5.41) is 0. The predicted octanol–water partition coefficient (Wildman–Crippen LogP) is 2.23. The Balaban J connectivity index is 3.50. The molecule has 1 nitrogen and oxygen atoms in total. The van der Waals surface area contributed by atoms with Gasteiger partial charge in [-0.25, -0.2) is 0 Å². The van der Waals surface area contributed by atoms with Crippen molar-refractivity contribution in [1.29, 1.82) is 0 Å². The zero-order valence-corrected chi connectivity index (χ0v) is 8.02. The average Bonchev–Trinajstić information content (AvgIpc) is 1.85. The molecule has 0 rings (SSSR count). The summed E-state index contributed by atoms with van der Waals surface area (Å²) >= 11 is 0. The standard InChI is InChI=1S/C9H21N/c1-6-8(2)9(3)7-10(4)5/h8-9H,6-7H2,1-5H3.